The van der Waals surface area contributed by atoms with Crippen molar-refractivity contribution in [3.8, 4) is 5.75 Å². The summed E-state index contributed by atoms with van der Waals surface area (Å²) in [6.45, 7) is 0.719. The first-order valence-electron chi connectivity index (χ1n) is 9.57. The topological polar surface area (TPSA) is 97.4 Å². The fraction of sp³-hybridized carbons (Fsp3) is 0.130. The Kier molecular flexibility index (Phi) is 7.53. The molecule has 0 atom stereocenters. The molecule has 0 spiro atoms. The number of pyridine rings is 1. The molecule has 0 aliphatic heterocycles. The fourth-order valence-electron chi connectivity index (χ4n) is 2.68. The van der Waals surface area contributed by atoms with Crippen LogP contribution in [0.25, 0.3) is 6.08 Å². The largest absolute Gasteiger partial charge is 0.487 e. The number of amides is 1. The summed E-state index contributed by atoms with van der Waals surface area (Å²) in [5, 5.41) is 2.82. The molecule has 0 bridgehead atoms. The highest BCUT2D eigenvalue weighted by molar-refractivity contribution is 7.89. The predicted octanol–water partition coefficient (Wildman–Crippen LogP) is 2.90. The molecule has 1 amide bonds. The third-order valence-electron chi connectivity index (χ3n) is 4.36. The van der Waals surface area contributed by atoms with Gasteiger partial charge in [-0.15, -0.1) is 0 Å². The molecule has 160 valence electrons. The molecule has 0 unspecified atom stereocenters. The summed E-state index contributed by atoms with van der Waals surface area (Å²) < 4.78 is 31.5. The third-order valence-corrected chi connectivity index (χ3v) is 5.79. The molecule has 3 rings (SSSR count). The smallest absolute Gasteiger partial charge is 0.244 e. The van der Waals surface area contributed by atoms with E-state index in [1.165, 1.54) is 25.3 Å². The van der Waals surface area contributed by atoms with Gasteiger partial charge < -0.3 is 10.1 Å². The zero-order chi connectivity index (χ0) is 22.1. The number of ether oxygens (including phenoxy) is 1. The van der Waals surface area contributed by atoms with Gasteiger partial charge in [0.05, 0.1) is 10.6 Å². The number of aromatic nitrogens is 1. The molecule has 0 saturated carbocycles. The summed E-state index contributed by atoms with van der Waals surface area (Å²) in [4.78, 5) is 16.5. The Morgan fingerprint density at radius 1 is 1.06 bits per heavy atom. The summed E-state index contributed by atoms with van der Waals surface area (Å²) in [7, 11) is -2.12. The first kappa shape index (κ1) is 22.2. The van der Waals surface area contributed by atoms with Crippen molar-refractivity contribution in [2.24, 2.45) is 0 Å². The molecular weight excluding hydrogens is 414 g/mol. The molecule has 2 aromatic carbocycles. The molecule has 1 aromatic heterocycles. The van der Waals surface area contributed by atoms with Gasteiger partial charge >= 0.3 is 0 Å². The van der Waals surface area contributed by atoms with E-state index in [1.54, 1.807) is 24.4 Å². The summed E-state index contributed by atoms with van der Waals surface area (Å²) >= 11 is 0. The molecule has 31 heavy (non-hydrogen) atoms. The van der Waals surface area contributed by atoms with Crippen molar-refractivity contribution < 1.29 is 17.9 Å². The van der Waals surface area contributed by atoms with E-state index < -0.39 is 10.0 Å². The van der Waals surface area contributed by atoms with Gasteiger partial charge in [-0.3, -0.25) is 9.78 Å². The van der Waals surface area contributed by atoms with Crippen LogP contribution in [0, 0.1) is 0 Å². The minimum atomic E-state index is -3.48. The van der Waals surface area contributed by atoms with Gasteiger partial charge in [0.25, 0.3) is 0 Å². The van der Waals surface area contributed by atoms with Gasteiger partial charge in [-0.1, -0.05) is 30.3 Å². The molecule has 0 saturated heterocycles. The Balaban J connectivity index is 1.51. The van der Waals surface area contributed by atoms with Crippen LogP contribution in [0.4, 0.5) is 0 Å². The zero-order valence-electron chi connectivity index (χ0n) is 17.0. The average molecular weight is 438 g/mol. The van der Waals surface area contributed by atoms with E-state index >= 15 is 0 Å². The second kappa shape index (κ2) is 10.5. The van der Waals surface area contributed by atoms with E-state index in [0.29, 0.717) is 18.9 Å². The van der Waals surface area contributed by atoms with Gasteiger partial charge in [0, 0.05) is 18.8 Å². The zero-order valence-corrected chi connectivity index (χ0v) is 17.8. The number of carbonyl (C=O) groups excluding carboxylic acids is 1. The molecule has 0 fully saturated rings. The number of nitrogens with one attached hydrogen (secondary N) is 2. The number of rotatable bonds is 9. The van der Waals surface area contributed by atoms with Crippen molar-refractivity contribution in [3.05, 3.63) is 95.8 Å². The predicted molar refractivity (Wildman–Crippen MR) is 119 cm³/mol. The highest BCUT2D eigenvalue weighted by Crippen LogP contribution is 2.15. The Morgan fingerprint density at radius 2 is 1.87 bits per heavy atom. The van der Waals surface area contributed by atoms with Crippen LogP contribution < -0.4 is 14.8 Å². The van der Waals surface area contributed by atoms with Gasteiger partial charge in [0.1, 0.15) is 12.4 Å². The number of carbonyl (C=O) groups is 1. The SMILES string of the molecule is CNS(=O)(=O)c1ccc(C=CC(=O)NCc2cccc(OCc3ccccn3)c2)cc1. The number of nitrogens with zero attached hydrogens (tertiary/aromatic N) is 1. The lowest BCUT2D eigenvalue weighted by atomic mass is 10.2. The van der Waals surface area contributed by atoms with Crippen molar-refractivity contribution in [2.75, 3.05) is 7.05 Å². The molecule has 0 aliphatic rings. The van der Waals surface area contributed by atoms with E-state index in [4.69, 9.17) is 4.74 Å². The maximum absolute atomic E-state index is 12.1. The first-order chi connectivity index (χ1) is 15.0. The molecule has 1 heterocycles. The van der Waals surface area contributed by atoms with Crippen molar-refractivity contribution >= 4 is 22.0 Å². The molecule has 8 heteroatoms. The Hall–Kier alpha value is -3.49. The van der Waals surface area contributed by atoms with E-state index in [-0.39, 0.29) is 10.8 Å². The highest BCUT2D eigenvalue weighted by Gasteiger charge is 2.09. The lowest BCUT2D eigenvalue weighted by molar-refractivity contribution is -0.116. The van der Waals surface area contributed by atoms with Crippen LogP contribution in [-0.4, -0.2) is 26.4 Å². The van der Waals surface area contributed by atoms with Crippen LogP contribution in [0.5, 0.6) is 5.75 Å². The van der Waals surface area contributed by atoms with Crippen LogP contribution in [0.3, 0.4) is 0 Å². The van der Waals surface area contributed by atoms with E-state index in [0.717, 1.165) is 16.8 Å². The molecule has 0 radical (unpaired) electrons. The molecular formula is C23H23N3O4S. The third kappa shape index (κ3) is 6.77. The molecule has 7 nitrogen and oxygen atoms in total. The van der Waals surface area contributed by atoms with Gasteiger partial charge in [0.2, 0.25) is 15.9 Å². The fourth-order valence-corrected chi connectivity index (χ4v) is 3.41. The van der Waals surface area contributed by atoms with Gasteiger partial charge in [-0.05, 0) is 60.6 Å². The maximum atomic E-state index is 12.1. The Bertz CT molecular complexity index is 1140. The lowest BCUT2D eigenvalue weighted by Crippen LogP contribution is -2.20. The quantitative estimate of drug-likeness (QED) is 0.502. The summed E-state index contributed by atoms with van der Waals surface area (Å²) in [5.41, 5.74) is 2.46. The van der Waals surface area contributed by atoms with E-state index in [9.17, 15) is 13.2 Å². The second-order valence-corrected chi connectivity index (χ2v) is 8.47. The lowest BCUT2D eigenvalue weighted by Gasteiger charge is -2.08. The minimum absolute atomic E-state index is 0.168. The molecule has 2 N–H and O–H groups in total. The van der Waals surface area contributed by atoms with Gasteiger partial charge in [0.15, 0.2) is 0 Å². The van der Waals surface area contributed by atoms with Gasteiger partial charge in [-0.25, -0.2) is 13.1 Å². The van der Waals surface area contributed by atoms with Crippen LogP contribution >= 0.6 is 0 Å². The summed E-state index contributed by atoms with van der Waals surface area (Å²) in [6.07, 6.45) is 4.75. The van der Waals surface area contributed by atoms with Crippen molar-refractivity contribution in [2.45, 2.75) is 18.0 Å². The number of hydrogen-bond donors (Lipinski definition) is 2. The second-order valence-electron chi connectivity index (χ2n) is 6.58. The average Bonchev–Trinajstić information content (AvgIpc) is 2.81. The van der Waals surface area contributed by atoms with Crippen LogP contribution in [0.2, 0.25) is 0 Å². The maximum Gasteiger partial charge on any atom is 0.244 e. The van der Waals surface area contributed by atoms with Crippen LogP contribution in [-0.2, 0) is 28.0 Å². The van der Waals surface area contributed by atoms with E-state index in [1.807, 2.05) is 42.5 Å². The van der Waals surface area contributed by atoms with E-state index in [2.05, 4.69) is 15.0 Å². The minimum Gasteiger partial charge on any atom is -0.487 e. The Labute approximate surface area is 181 Å². The summed E-state index contributed by atoms with van der Waals surface area (Å²) in [5.74, 6) is 0.441. The van der Waals surface area contributed by atoms with Crippen molar-refractivity contribution in [1.29, 1.82) is 0 Å². The standard InChI is InChI=1S/C23H23N3O4S/c1-24-31(28,29)22-11-8-18(9-12-22)10-13-23(27)26-16-19-5-4-7-21(15-19)30-17-20-6-2-3-14-25-20/h2-15,24H,16-17H2,1H3,(H,26,27). The number of sulfonamides is 1. The van der Waals surface area contributed by atoms with Crippen LogP contribution in [0.1, 0.15) is 16.8 Å². The number of benzene rings is 2. The van der Waals surface area contributed by atoms with Gasteiger partial charge in [-0.2, -0.15) is 0 Å². The number of hydrogen-bond acceptors (Lipinski definition) is 5. The van der Waals surface area contributed by atoms with Crippen molar-refractivity contribution in [3.63, 3.8) is 0 Å². The first-order valence-corrected chi connectivity index (χ1v) is 11.1. The molecule has 0 aliphatic carbocycles. The monoisotopic (exact) mass is 437 g/mol. The summed E-state index contributed by atoms with van der Waals surface area (Å²) in [6, 6.07) is 19.4. The molecule has 3 aromatic rings. The van der Waals surface area contributed by atoms with Crippen molar-refractivity contribution in [1.82, 2.24) is 15.0 Å². The Morgan fingerprint density at radius 3 is 2.58 bits per heavy atom. The van der Waals surface area contributed by atoms with Crippen LogP contribution in [0.15, 0.2) is 83.9 Å². The highest BCUT2D eigenvalue weighted by atomic mass is 32.2. The normalized spacial score (nSPS) is 11.4.